The number of ether oxygens (including phenoxy) is 8. The monoisotopic (exact) mass is 1190 g/mol. The largest absolute Gasteiger partial charge is 0.384 e. The van der Waals surface area contributed by atoms with Crippen molar-refractivity contribution in [2.45, 2.75) is 44.9 Å². The van der Waals surface area contributed by atoms with E-state index >= 15 is 0 Å². The highest BCUT2D eigenvalue weighted by atomic mass is 16.6. The highest BCUT2D eigenvalue weighted by molar-refractivity contribution is 6.25. The first-order chi connectivity index (χ1) is 41.8. The molecule has 0 aliphatic carbocycles. The van der Waals surface area contributed by atoms with Crippen molar-refractivity contribution in [3.8, 4) is 5.82 Å². The molecule has 464 valence electrons. The van der Waals surface area contributed by atoms with Gasteiger partial charge in [0.2, 0.25) is 23.7 Å². The number of hydrogen-bond donors (Lipinski definition) is 5. The Morgan fingerprint density at radius 1 is 0.721 bits per heavy atom. The highest BCUT2D eigenvalue weighted by Gasteiger charge is 2.45. The molecule has 6 heterocycles. The number of anilines is 4. The van der Waals surface area contributed by atoms with Gasteiger partial charge in [0.05, 0.1) is 136 Å². The van der Waals surface area contributed by atoms with Gasteiger partial charge in [-0.05, 0) is 68.8 Å². The minimum atomic E-state index is -1.19. The number of nitrogens with one attached hydrogen (secondary N) is 4. The zero-order chi connectivity index (χ0) is 60.7. The topological polar surface area (TPSA) is 303 Å². The van der Waals surface area contributed by atoms with Crippen LogP contribution in [0.1, 0.15) is 53.1 Å². The van der Waals surface area contributed by atoms with Gasteiger partial charge in [0, 0.05) is 68.9 Å². The minimum Gasteiger partial charge on any atom is -0.384 e. The lowest BCUT2D eigenvalue weighted by Crippen LogP contribution is -2.54. The molecule has 3 aromatic heterocycles. The molecule has 27 heteroatoms. The van der Waals surface area contributed by atoms with Crippen molar-refractivity contribution >= 4 is 63.6 Å². The van der Waals surface area contributed by atoms with Crippen LogP contribution in [0.4, 0.5) is 23.0 Å². The van der Waals surface area contributed by atoms with Gasteiger partial charge in [-0.25, -0.2) is 19.3 Å². The maximum absolute atomic E-state index is 13.4. The predicted octanol–water partition coefficient (Wildman–Crippen LogP) is 2.02. The Morgan fingerprint density at radius 2 is 1.30 bits per heavy atom. The number of pyridine rings is 1. The summed E-state index contributed by atoms with van der Waals surface area (Å²) in [5.74, 6) is -1.53. The average molecular weight is 1200 g/mol. The summed E-state index contributed by atoms with van der Waals surface area (Å²) in [6.45, 7) is 17.9. The molecule has 5 aromatic rings. The quantitative estimate of drug-likeness (QED) is 0.0215. The molecular formula is C59H78N12O15. The van der Waals surface area contributed by atoms with Crippen LogP contribution >= 0.6 is 0 Å². The average Bonchev–Trinajstić information content (AvgIpc) is 1.67. The number of amides is 5. The third-order valence-electron chi connectivity index (χ3n) is 14.0. The van der Waals surface area contributed by atoms with E-state index in [0.717, 1.165) is 42.5 Å². The minimum absolute atomic E-state index is 0.0493. The number of imide groups is 2. The Hall–Kier alpha value is -7.57. The molecule has 5 amide bonds. The van der Waals surface area contributed by atoms with E-state index < -0.39 is 35.3 Å². The van der Waals surface area contributed by atoms with Crippen molar-refractivity contribution in [1.82, 2.24) is 44.7 Å². The van der Waals surface area contributed by atoms with Crippen molar-refractivity contribution < 1.29 is 67.0 Å². The van der Waals surface area contributed by atoms with Gasteiger partial charge < -0.3 is 63.9 Å². The van der Waals surface area contributed by atoms with Crippen LogP contribution in [0.2, 0.25) is 0 Å². The standard InChI is InChI=1S/C59H78N12O15/c1-4-19-69-55(75)45-40-62-58(66-53(45)71(69)49-10-6-9-48(64-49)59(2,3)78)63-42-11-13-43(14-12-42)68-22-20-67(21-23-68)41-51(73)61-18-25-80-27-29-82-31-33-84-35-37-86-39-38-85-36-34-83-32-30-81-28-26-79-24-17-60-46-8-5-7-44-52(46)57(77)70(56(44)76)47-15-16-50(72)65-54(47)74/h4-14,40,47,60,78H,1,15-39,41H2,2-3H3,(H,61,73)(H,62,63,66)(H,65,72,74). The molecule has 3 aliphatic heterocycles. The van der Waals surface area contributed by atoms with Crippen LogP contribution in [0.25, 0.3) is 16.9 Å². The molecule has 2 aromatic carbocycles. The Kier molecular flexibility index (Phi) is 24.6. The lowest BCUT2D eigenvalue weighted by molar-refractivity contribution is -0.136. The first-order valence-electron chi connectivity index (χ1n) is 28.9. The van der Waals surface area contributed by atoms with Crippen LogP contribution in [-0.4, -0.2) is 226 Å². The van der Waals surface area contributed by atoms with Crippen molar-refractivity contribution in [2.75, 3.05) is 167 Å². The van der Waals surface area contributed by atoms with E-state index in [0.29, 0.717) is 160 Å². The maximum Gasteiger partial charge on any atom is 0.278 e. The second kappa shape index (κ2) is 32.8. The van der Waals surface area contributed by atoms with E-state index in [1.807, 2.05) is 24.3 Å². The molecule has 0 spiro atoms. The third kappa shape index (κ3) is 18.2. The third-order valence-corrected chi connectivity index (χ3v) is 14.0. The van der Waals surface area contributed by atoms with E-state index in [-0.39, 0.29) is 42.0 Å². The molecule has 1 unspecified atom stereocenters. The van der Waals surface area contributed by atoms with E-state index in [1.54, 1.807) is 61.0 Å². The molecule has 5 N–H and O–H groups in total. The van der Waals surface area contributed by atoms with Crippen molar-refractivity contribution in [1.29, 1.82) is 0 Å². The molecule has 3 aliphatic rings. The Labute approximate surface area is 498 Å². The molecule has 0 bridgehead atoms. The highest BCUT2D eigenvalue weighted by Crippen LogP contribution is 2.32. The van der Waals surface area contributed by atoms with Gasteiger partial charge in [0.25, 0.3) is 17.4 Å². The van der Waals surface area contributed by atoms with Crippen molar-refractivity contribution in [3.63, 3.8) is 0 Å². The van der Waals surface area contributed by atoms with Crippen LogP contribution in [0.3, 0.4) is 0 Å². The number of allylic oxidation sites excluding steroid dienone is 1. The molecule has 0 radical (unpaired) electrons. The van der Waals surface area contributed by atoms with E-state index in [9.17, 15) is 33.9 Å². The first kappa shape index (κ1) is 64.4. The van der Waals surface area contributed by atoms with E-state index in [4.69, 9.17) is 42.9 Å². The summed E-state index contributed by atoms with van der Waals surface area (Å²) in [4.78, 5) is 95.4. The van der Waals surface area contributed by atoms with Crippen LogP contribution in [0.15, 0.2) is 84.3 Å². The van der Waals surface area contributed by atoms with Crippen molar-refractivity contribution in [2.24, 2.45) is 0 Å². The number of rotatable bonds is 38. The van der Waals surface area contributed by atoms with E-state index in [1.165, 1.54) is 10.9 Å². The molecule has 2 fully saturated rings. The molecular weight excluding hydrogens is 1120 g/mol. The number of fused-ring (bicyclic) bond motifs is 2. The Balaban J connectivity index is 0.561. The molecule has 2 saturated heterocycles. The van der Waals surface area contributed by atoms with Gasteiger partial charge in [-0.2, -0.15) is 4.98 Å². The first-order valence-corrected chi connectivity index (χ1v) is 28.9. The summed E-state index contributed by atoms with van der Waals surface area (Å²) < 4.78 is 47.6. The van der Waals surface area contributed by atoms with Crippen LogP contribution in [-0.2, 0) is 64.4 Å². The van der Waals surface area contributed by atoms with Gasteiger partial charge in [-0.15, -0.1) is 6.58 Å². The summed E-state index contributed by atoms with van der Waals surface area (Å²) >= 11 is 0. The van der Waals surface area contributed by atoms with Gasteiger partial charge in [0.15, 0.2) is 11.5 Å². The molecule has 8 rings (SSSR count). The number of piperidine rings is 1. The lowest BCUT2D eigenvalue weighted by atomic mass is 10.0. The van der Waals surface area contributed by atoms with E-state index in [2.05, 4.69) is 47.6 Å². The number of aliphatic hydroxyl groups is 1. The number of hydrogen-bond acceptors (Lipinski definition) is 22. The van der Waals surface area contributed by atoms with Gasteiger partial charge >= 0.3 is 0 Å². The summed E-state index contributed by atoms with van der Waals surface area (Å²) in [6.07, 6.45) is 3.27. The van der Waals surface area contributed by atoms with Gasteiger partial charge in [0.1, 0.15) is 17.0 Å². The summed E-state index contributed by atoms with van der Waals surface area (Å²) in [5, 5.41) is 22.5. The molecule has 27 nitrogen and oxygen atoms in total. The van der Waals surface area contributed by atoms with Crippen LogP contribution in [0, 0.1) is 0 Å². The van der Waals surface area contributed by atoms with Crippen LogP contribution < -0.4 is 31.7 Å². The Morgan fingerprint density at radius 3 is 1.88 bits per heavy atom. The maximum atomic E-state index is 13.4. The SMILES string of the molecule is C=CCn1c(=O)c2cnc(Nc3ccc(N4CCN(CC(=O)NCCOCCOCCOCCOCCOCCOCCOCCOCCNc5cccc6c5C(=O)N(C5CCC(=O)NC5=O)C6=O)CC4)cc3)nc2n1-c1cccc(C(C)(C)O)n1. The molecule has 1 atom stereocenters. The summed E-state index contributed by atoms with van der Waals surface area (Å²) in [5.41, 5.74) is 2.03. The number of carbonyl (C=O) groups excluding carboxylic acids is 5. The number of benzene rings is 2. The number of carbonyl (C=O) groups is 5. The van der Waals surface area contributed by atoms with Gasteiger partial charge in [-0.3, -0.25) is 43.9 Å². The fourth-order valence-corrected chi connectivity index (χ4v) is 9.62. The lowest BCUT2D eigenvalue weighted by Gasteiger charge is -2.35. The zero-order valence-corrected chi connectivity index (χ0v) is 48.8. The smallest absolute Gasteiger partial charge is 0.278 e. The molecule has 0 saturated carbocycles. The Bertz CT molecular complexity index is 3120. The normalized spacial score (nSPS) is 15.6. The second-order valence-electron chi connectivity index (χ2n) is 20.6. The summed E-state index contributed by atoms with van der Waals surface area (Å²) in [7, 11) is 0. The zero-order valence-electron chi connectivity index (χ0n) is 48.8. The summed E-state index contributed by atoms with van der Waals surface area (Å²) in [6, 6.07) is 17.1. The van der Waals surface area contributed by atoms with Crippen molar-refractivity contribution in [3.05, 3.63) is 107 Å². The fourth-order valence-electron chi connectivity index (χ4n) is 9.62. The second-order valence-corrected chi connectivity index (χ2v) is 20.6. The van der Waals surface area contributed by atoms with Gasteiger partial charge in [-0.1, -0.05) is 18.2 Å². The fraction of sp³-hybridized carbons (Fsp3) is 0.508. The number of aromatic nitrogens is 5. The number of piperazine rings is 1. The van der Waals surface area contributed by atoms with Crippen LogP contribution in [0.5, 0.6) is 0 Å². The number of nitrogens with zero attached hydrogens (tertiary/aromatic N) is 8. The molecule has 86 heavy (non-hydrogen) atoms. The predicted molar refractivity (Wildman–Crippen MR) is 316 cm³/mol.